The van der Waals surface area contributed by atoms with Gasteiger partial charge < -0.3 is 13.9 Å². The van der Waals surface area contributed by atoms with Crippen LogP contribution in [0, 0.1) is 0 Å². The number of aromatic amines is 1. The van der Waals surface area contributed by atoms with Crippen LogP contribution in [0.15, 0.2) is 41.0 Å². The number of esters is 1. The summed E-state index contributed by atoms with van der Waals surface area (Å²) in [5, 5.41) is 14.5. The van der Waals surface area contributed by atoms with Crippen LogP contribution in [0.1, 0.15) is 43.8 Å². The average Bonchev–Trinajstić information content (AvgIpc) is 3.51. The highest BCUT2D eigenvalue weighted by Gasteiger charge is 2.18. The van der Waals surface area contributed by atoms with E-state index in [1.807, 2.05) is 33.4 Å². The van der Waals surface area contributed by atoms with Gasteiger partial charge in [-0.1, -0.05) is 37.1 Å². The Morgan fingerprint density at radius 1 is 1.21 bits per heavy atom. The second-order valence-corrected chi connectivity index (χ2v) is 8.70. The molecule has 0 unspecified atom stereocenters. The van der Waals surface area contributed by atoms with Crippen LogP contribution >= 0.6 is 27.5 Å². The number of unbranched alkanes of at least 4 members (excludes halogenated alkanes) is 1. The van der Waals surface area contributed by atoms with Gasteiger partial charge in [-0.05, 0) is 62.6 Å². The van der Waals surface area contributed by atoms with Gasteiger partial charge in [0.05, 0.1) is 16.0 Å². The maximum atomic E-state index is 11.4. The molecule has 0 fully saturated rings. The Bertz CT molecular complexity index is 1230. The molecule has 9 nitrogen and oxygen atoms in total. The molecule has 172 valence electrons. The molecule has 0 aliphatic rings. The van der Waals surface area contributed by atoms with Gasteiger partial charge in [0.2, 0.25) is 0 Å². The van der Waals surface area contributed by atoms with Gasteiger partial charge in [-0.15, -0.1) is 5.10 Å². The molecular formula is C22H23BrClN7O2. The molecule has 33 heavy (non-hydrogen) atoms. The van der Waals surface area contributed by atoms with Crippen LogP contribution in [0.3, 0.4) is 0 Å². The SMILES string of the molecule is CCCCc1nc(Cl)c(COC(C)=O)n1Cc1ccc(-n2c(Br)ccc2-c2nnn[nH]2)cc1. The fraction of sp³-hybridized carbons (Fsp3) is 0.318. The summed E-state index contributed by atoms with van der Waals surface area (Å²) < 4.78 is 10.2. The van der Waals surface area contributed by atoms with Crippen LogP contribution in [-0.4, -0.2) is 40.7 Å². The van der Waals surface area contributed by atoms with Gasteiger partial charge in [0, 0.05) is 25.6 Å². The third-order valence-corrected chi connectivity index (χ3v) is 6.15. The van der Waals surface area contributed by atoms with E-state index < -0.39 is 0 Å². The summed E-state index contributed by atoms with van der Waals surface area (Å²) in [4.78, 5) is 15.9. The lowest BCUT2D eigenvalue weighted by Gasteiger charge is -2.14. The number of carbonyl (C=O) groups is 1. The van der Waals surface area contributed by atoms with Crippen LogP contribution in [0.5, 0.6) is 0 Å². The van der Waals surface area contributed by atoms with Crippen molar-refractivity contribution in [3.8, 4) is 17.2 Å². The molecule has 4 rings (SSSR count). The van der Waals surface area contributed by atoms with Gasteiger partial charge in [0.15, 0.2) is 11.0 Å². The number of tetrazole rings is 1. The zero-order chi connectivity index (χ0) is 23.4. The van der Waals surface area contributed by atoms with Crippen molar-refractivity contribution in [2.75, 3.05) is 0 Å². The monoisotopic (exact) mass is 531 g/mol. The maximum absolute atomic E-state index is 11.4. The standard InChI is InChI=1S/C22H23BrClN7O2/c1-3-4-5-20-25-21(24)18(13-33-14(2)32)30(20)12-15-6-8-16(9-7-15)31-17(10-11-19(31)23)22-26-28-29-27-22/h6-11H,3-5,12-13H2,1-2H3,(H,26,27,28,29). The van der Waals surface area contributed by atoms with Gasteiger partial charge in [0.25, 0.3) is 0 Å². The minimum atomic E-state index is -0.353. The van der Waals surface area contributed by atoms with Crippen LogP contribution < -0.4 is 0 Å². The number of hydrogen-bond donors (Lipinski definition) is 1. The molecule has 0 bridgehead atoms. The number of H-pyrrole nitrogens is 1. The number of ether oxygens (including phenoxy) is 1. The topological polar surface area (TPSA) is 104 Å². The first-order chi connectivity index (χ1) is 16.0. The molecule has 0 atom stereocenters. The molecule has 0 aliphatic heterocycles. The molecule has 3 heterocycles. The Balaban J connectivity index is 1.62. The fourth-order valence-corrected chi connectivity index (χ4v) is 4.37. The number of rotatable bonds is 9. The van der Waals surface area contributed by atoms with Crippen LogP contribution in [0.4, 0.5) is 0 Å². The van der Waals surface area contributed by atoms with Crippen molar-refractivity contribution < 1.29 is 9.53 Å². The molecule has 4 aromatic rings. The van der Waals surface area contributed by atoms with Gasteiger partial charge in [-0.2, -0.15) is 0 Å². The van der Waals surface area contributed by atoms with E-state index in [2.05, 4.69) is 60.6 Å². The van der Waals surface area contributed by atoms with Gasteiger partial charge in [-0.25, -0.2) is 10.1 Å². The van der Waals surface area contributed by atoms with Gasteiger partial charge in [0.1, 0.15) is 12.4 Å². The van der Waals surface area contributed by atoms with E-state index in [-0.39, 0.29) is 12.6 Å². The van der Waals surface area contributed by atoms with Crippen LogP contribution in [0.25, 0.3) is 17.2 Å². The van der Waals surface area contributed by atoms with E-state index in [1.165, 1.54) is 6.92 Å². The Hall–Kier alpha value is -2.98. The number of imidazole rings is 1. The third kappa shape index (κ3) is 5.17. The Morgan fingerprint density at radius 2 is 2.00 bits per heavy atom. The van der Waals surface area contributed by atoms with Crippen molar-refractivity contribution in [1.29, 1.82) is 0 Å². The third-order valence-electron chi connectivity index (χ3n) is 5.23. The van der Waals surface area contributed by atoms with E-state index in [4.69, 9.17) is 16.3 Å². The first-order valence-corrected chi connectivity index (χ1v) is 11.7. The average molecular weight is 533 g/mol. The molecular weight excluding hydrogens is 510 g/mol. The first-order valence-electron chi connectivity index (χ1n) is 10.6. The van der Waals surface area contributed by atoms with Crippen molar-refractivity contribution in [3.05, 3.63) is 63.2 Å². The highest BCUT2D eigenvalue weighted by Crippen LogP contribution is 2.28. The zero-order valence-electron chi connectivity index (χ0n) is 18.3. The van der Waals surface area contributed by atoms with Gasteiger partial charge in [-0.3, -0.25) is 4.79 Å². The maximum Gasteiger partial charge on any atom is 0.303 e. The number of nitrogens with one attached hydrogen (secondary N) is 1. The van der Waals surface area contributed by atoms with E-state index in [9.17, 15) is 4.79 Å². The van der Waals surface area contributed by atoms with E-state index in [1.54, 1.807) is 0 Å². The van der Waals surface area contributed by atoms with Gasteiger partial charge >= 0.3 is 5.97 Å². The highest BCUT2D eigenvalue weighted by atomic mass is 79.9. The van der Waals surface area contributed by atoms with Crippen LogP contribution in [-0.2, 0) is 29.1 Å². The lowest BCUT2D eigenvalue weighted by molar-refractivity contribution is -0.142. The summed E-state index contributed by atoms with van der Waals surface area (Å²) in [6.45, 7) is 4.18. The Labute approximate surface area is 204 Å². The summed E-state index contributed by atoms with van der Waals surface area (Å²) in [6.07, 6.45) is 2.85. The second-order valence-electron chi connectivity index (χ2n) is 7.53. The van der Waals surface area contributed by atoms with Crippen molar-refractivity contribution >= 4 is 33.5 Å². The number of aromatic nitrogens is 7. The zero-order valence-corrected chi connectivity index (χ0v) is 20.6. The Kier molecular flexibility index (Phi) is 7.24. The second kappa shape index (κ2) is 10.3. The highest BCUT2D eigenvalue weighted by molar-refractivity contribution is 9.10. The van der Waals surface area contributed by atoms with Crippen molar-refractivity contribution in [2.24, 2.45) is 0 Å². The fourth-order valence-electron chi connectivity index (χ4n) is 3.59. The van der Waals surface area contributed by atoms with Crippen molar-refractivity contribution in [2.45, 2.75) is 46.3 Å². The first kappa shape index (κ1) is 23.2. The smallest absolute Gasteiger partial charge is 0.303 e. The summed E-state index contributed by atoms with van der Waals surface area (Å²) in [6, 6.07) is 12.1. The molecule has 0 aliphatic carbocycles. The predicted octanol–water partition coefficient (Wildman–Crippen LogP) is 4.72. The number of halogens is 2. The Morgan fingerprint density at radius 3 is 2.67 bits per heavy atom. The lowest BCUT2D eigenvalue weighted by Crippen LogP contribution is -2.11. The normalized spacial score (nSPS) is 11.2. The lowest BCUT2D eigenvalue weighted by atomic mass is 10.2. The largest absolute Gasteiger partial charge is 0.459 e. The molecule has 1 aromatic carbocycles. The van der Waals surface area contributed by atoms with Crippen LogP contribution in [0.2, 0.25) is 5.15 Å². The number of carbonyl (C=O) groups excluding carboxylic acids is 1. The van der Waals surface area contributed by atoms with Crippen molar-refractivity contribution in [3.63, 3.8) is 0 Å². The molecule has 11 heteroatoms. The molecule has 1 N–H and O–H groups in total. The number of hydrogen-bond acceptors (Lipinski definition) is 6. The minimum absolute atomic E-state index is 0.0935. The van der Waals surface area contributed by atoms with E-state index in [0.29, 0.717) is 23.2 Å². The molecule has 0 saturated carbocycles. The van der Waals surface area contributed by atoms with E-state index in [0.717, 1.165) is 46.6 Å². The van der Waals surface area contributed by atoms with Crippen molar-refractivity contribution in [1.82, 2.24) is 34.7 Å². The molecule has 0 amide bonds. The number of nitrogens with zero attached hydrogens (tertiary/aromatic N) is 6. The number of aryl methyl sites for hydroxylation is 1. The molecule has 0 saturated heterocycles. The predicted molar refractivity (Wildman–Crippen MR) is 127 cm³/mol. The minimum Gasteiger partial charge on any atom is -0.459 e. The molecule has 0 radical (unpaired) electrons. The molecule has 3 aromatic heterocycles. The summed E-state index contributed by atoms with van der Waals surface area (Å²) in [5.74, 6) is 1.11. The molecule has 0 spiro atoms. The summed E-state index contributed by atoms with van der Waals surface area (Å²) in [5.41, 5.74) is 3.57. The summed E-state index contributed by atoms with van der Waals surface area (Å²) >= 11 is 10.0. The van der Waals surface area contributed by atoms with E-state index >= 15 is 0 Å². The number of benzene rings is 1. The quantitative estimate of drug-likeness (QED) is 0.313. The summed E-state index contributed by atoms with van der Waals surface area (Å²) in [7, 11) is 0.